The second-order valence-electron chi connectivity index (χ2n) is 4.37. The van der Waals surface area contributed by atoms with Gasteiger partial charge in [0.25, 0.3) is 5.78 Å². The molecule has 0 heterocycles. The van der Waals surface area contributed by atoms with Crippen LogP contribution in [0.4, 0.5) is 18.9 Å². The minimum Gasteiger partial charge on any atom is -0.383 e. The van der Waals surface area contributed by atoms with E-state index in [0.717, 1.165) is 4.47 Å². The number of nitrogens with zero attached hydrogens (tertiary/aromatic N) is 1. The summed E-state index contributed by atoms with van der Waals surface area (Å²) in [5.74, 6) is -1.91. The fraction of sp³-hybridized carbons (Fsp3) is 0.214. The van der Waals surface area contributed by atoms with E-state index in [-0.39, 0.29) is 5.70 Å². The van der Waals surface area contributed by atoms with Gasteiger partial charge in [0, 0.05) is 42.2 Å². The summed E-state index contributed by atoms with van der Waals surface area (Å²) in [7, 11) is 3.44. The van der Waals surface area contributed by atoms with Gasteiger partial charge in [-0.05, 0) is 30.3 Å². The molecular formula is C14H14BrF3N2O. The molecule has 0 aliphatic heterocycles. The van der Waals surface area contributed by atoms with Crippen LogP contribution in [0, 0.1) is 0 Å². The second-order valence-corrected chi connectivity index (χ2v) is 5.29. The summed E-state index contributed by atoms with van der Waals surface area (Å²) in [6.07, 6.45) is -1.42. The Hall–Kier alpha value is -1.76. The molecule has 0 saturated carbocycles. The first-order valence-electron chi connectivity index (χ1n) is 5.88. The first-order chi connectivity index (χ1) is 9.68. The monoisotopic (exact) mass is 362 g/mol. The summed E-state index contributed by atoms with van der Waals surface area (Å²) in [5.41, 5.74) is 0.621. The number of carbonyl (C=O) groups excluding carboxylic acids is 1. The summed E-state index contributed by atoms with van der Waals surface area (Å²) in [6, 6.07) is 6.83. The van der Waals surface area contributed by atoms with Crippen LogP contribution in [0.5, 0.6) is 0 Å². The molecule has 0 aliphatic rings. The van der Waals surface area contributed by atoms with Gasteiger partial charge in [-0.1, -0.05) is 15.9 Å². The van der Waals surface area contributed by atoms with Crippen molar-refractivity contribution in [2.75, 3.05) is 19.4 Å². The first-order valence-corrected chi connectivity index (χ1v) is 6.68. The molecule has 0 amide bonds. The van der Waals surface area contributed by atoms with Crippen molar-refractivity contribution in [1.82, 2.24) is 4.90 Å². The van der Waals surface area contributed by atoms with Crippen LogP contribution in [0.2, 0.25) is 0 Å². The number of benzene rings is 1. The highest BCUT2D eigenvalue weighted by atomic mass is 79.9. The smallest absolute Gasteiger partial charge is 0.383 e. The van der Waals surface area contributed by atoms with Crippen LogP contribution in [0.1, 0.15) is 0 Å². The molecule has 0 aromatic heterocycles. The number of halogens is 4. The highest BCUT2D eigenvalue weighted by Crippen LogP contribution is 2.20. The fourth-order valence-corrected chi connectivity index (χ4v) is 1.54. The van der Waals surface area contributed by atoms with Crippen LogP contribution in [0.25, 0.3) is 0 Å². The average molecular weight is 363 g/mol. The van der Waals surface area contributed by atoms with Crippen molar-refractivity contribution in [2.24, 2.45) is 0 Å². The number of alkyl halides is 3. The molecule has 0 atom stereocenters. The lowest BCUT2D eigenvalue weighted by molar-refractivity contribution is -0.165. The van der Waals surface area contributed by atoms with Gasteiger partial charge in [-0.3, -0.25) is 4.79 Å². The lowest BCUT2D eigenvalue weighted by Crippen LogP contribution is -2.21. The molecule has 1 aromatic rings. The third-order valence-corrected chi connectivity index (χ3v) is 2.78. The van der Waals surface area contributed by atoms with E-state index in [1.165, 1.54) is 6.08 Å². The highest BCUT2D eigenvalue weighted by Gasteiger charge is 2.36. The van der Waals surface area contributed by atoms with Gasteiger partial charge in [0.2, 0.25) is 0 Å². The van der Waals surface area contributed by atoms with E-state index in [1.807, 2.05) is 0 Å². The molecule has 0 unspecified atom stereocenters. The van der Waals surface area contributed by atoms with Crippen molar-refractivity contribution in [3.05, 3.63) is 52.8 Å². The van der Waals surface area contributed by atoms with Gasteiger partial charge < -0.3 is 10.2 Å². The quantitative estimate of drug-likeness (QED) is 0.635. The Morgan fingerprint density at radius 3 is 2.29 bits per heavy atom. The van der Waals surface area contributed by atoms with E-state index in [0.29, 0.717) is 11.8 Å². The summed E-state index contributed by atoms with van der Waals surface area (Å²) in [4.78, 5) is 12.7. The Morgan fingerprint density at radius 2 is 1.81 bits per heavy atom. The Labute approximate surface area is 129 Å². The number of hydrogen-bond donors (Lipinski definition) is 1. The predicted molar refractivity (Wildman–Crippen MR) is 79.7 cm³/mol. The average Bonchev–Trinajstić information content (AvgIpc) is 2.37. The Balaban J connectivity index is 3.00. The maximum Gasteiger partial charge on any atom is 0.454 e. The molecule has 3 nitrogen and oxygen atoms in total. The van der Waals surface area contributed by atoms with Crippen LogP contribution < -0.4 is 5.32 Å². The molecule has 0 fully saturated rings. The fourth-order valence-electron chi connectivity index (χ4n) is 1.28. The maximum absolute atomic E-state index is 12.3. The number of anilines is 1. The molecule has 1 rings (SSSR count). The summed E-state index contributed by atoms with van der Waals surface area (Å²) >= 11 is 3.26. The first kappa shape index (κ1) is 17.3. The van der Waals surface area contributed by atoms with Crippen LogP contribution in [0.3, 0.4) is 0 Å². The van der Waals surface area contributed by atoms with Crippen LogP contribution in [-0.2, 0) is 4.79 Å². The normalized spacial score (nSPS) is 12.6. The van der Waals surface area contributed by atoms with Crippen molar-refractivity contribution in [3.63, 3.8) is 0 Å². The van der Waals surface area contributed by atoms with E-state index in [1.54, 1.807) is 49.5 Å². The van der Waals surface area contributed by atoms with Gasteiger partial charge in [0.1, 0.15) is 0 Å². The Morgan fingerprint density at radius 1 is 1.24 bits per heavy atom. The molecule has 0 radical (unpaired) electrons. The van der Waals surface area contributed by atoms with Crippen molar-refractivity contribution in [3.8, 4) is 0 Å². The Kier molecular flexibility index (Phi) is 6.02. The zero-order chi connectivity index (χ0) is 16.0. The number of nitrogens with one attached hydrogen (secondary N) is 1. The van der Waals surface area contributed by atoms with Crippen LogP contribution in [0.15, 0.2) is 52.8 Å². The molecule has 1 N–H and O–H groups in total. The number of hydrogen-bond acceptors (Lipinski definition) is 3. The molecule has 21 heavy (non-hydrogen) atoms. The van der Waals surface area contributed by atoms with E-state index in [2.05, 4.69) is 21.2 Å². The number of carbonyl (C=O) groups is 1. The van der Waals surface area contributed by atoms with E-state index >= 15 is 0 Å². The molecule has 1 aromatic carbocycles. The Bertz CT molecular complexity index is 548. The third kappa shape index (κ3) is 6.48. The van der Waals surface area contributed by atoms with Gasteiger partial charge in [0.15, 0.2) is 0 Å². The summed E-state index contributed by atoms with van der Waals surface area (Å²) < 4.78 is 37.9. The third-order valence-electron chi connectivity index (χ3n) is 2.25. The molecule has 0 aliphatic carbocycles. The van der Waals surface area contributed by atoms with Crippen molar-refractivity contribution >= 4 is 27.4 Å². The number of rotatable bonds is 5. The summed E-state index contributed by atoms with van der Waals surface area (Å²) in [6.45, 7) is 0. The van der Waals surface area contributed by atoms with Gasteiger partial charge in [-0.15, -0.1) is 0 Å². The molecular weight excluding hydrogens is 349 g/mol. The lowest BCUT2D eigenvalue weighted by atomic mass is 10.2. The lowest BCUT2D eigenvalue weighted by Gasteiger charge is -2.10. The molecule has 7 heteroatoms. The number of allylic oxidation sites excluding steroid dienone is 2. The van der Waals surface area contributed by atoms with Crippen molar-refractivity contribution in [1.29, 1.82) is 0 Å². The van der Waals surface area contributed by atoms with Gasteiger partial charge >= 0.3 is 6.18 Å². The van der Waals surface area contributed by atoms with Crippen LogP contribution >= 0.6 is 15.9 Å². The van der Waals surface area contributed by atoms with Gasteiger partial charge in [0.05, 0.1) is 0 Å². The number of ketones is 1. The van der Waals surface area contributed by atoms with Crippen molar-refractivity contribution < 1.29 is 18.0 Å². The van der Waals surface area contributed by atoms with E-state index in [4.69, 9.17) is 0 Å². The minimum absolute atomic E-state index is 0.0494. The zero-order valence-corrected chi connectivity index (χ0v) is 13.0. The van der Waals surface area contributed by atoms with Gasteiger partial charge in [-0.25, -0.2) is 0 Å². The standard InChI is InChI=1S/C14H14BrF3N2O/c1-20(2)8-7-12(9-13(21)14(16,17)18)19-11-5-3-10(15)4-6-11/h3-9,19H,1-2H3/b8-7+,12-9+. The second kappa shape index (κ2) is 7.31. The van der Waals surface area contributed by atoms with E-state index in [9.17, 15) is 18.0 Å². The molecule has 0 saturated heterocycles. The van der Waals surface area contributed by atoms with Gasteiger partial charge in [-0.2, -0.15) is 13.2 Å². The maximum atomic E-state index is 12.3. The zero-order valence-electron chi connectivity index (χ0n) is 11.4. The SMILES string of the molecule is CN(C)/C=C/C(=C\C(=O)C(F)(F)F)Nc1ccc(Br)cc1. The van der Waals surface area contributed by atoms with E-state index < -0.39 is 12.0 Å². The van der Waals surface area contributed by atoms with Crippen LogP contribution in [-0.4, -0.2) is 31.0 Å². The predicted octanol–water partition coefficient (Wildman–Crippen LogP) is 3.95. The molecule has 114 valence electrons. The molecule has 0 bridgehead atoms. The van der Waals surface area contributed by atoms with Crippen molar-refractivity contribution in [2.45, 2.75) is 6.18 Å². The minimum atomic E-state index is -4.89. The largest absolute Gasteiger partial charge is 0.454 e. The summed E-state index contributed by atoms with van der Waals surface area (Å²) in [5, 5.41) is 2.77. The molecule has 0 spiro atoms. The topological polar surface area (TPSA) is 32.3 Å². The highest BCUT2D eigenvalue weighted by molar-refractivity contribution is 9.10.